The van der Waals surface area contributed by atoms with Crippen molar-refractivity contribution in [2.45, 2.75) is 62.0 Å². The molecule has 0 spiro atoms. The number of aliphatic hydroxyl groups excluding tert-OH is 8. The molecule has 0 bridgehead atoms. The maximum Gasteiger partial charge on any atom is 0.187 e. The Bertz CT molecular complexity index is 325. The lowest BCUT2D eigenvalue weighted by atomic mass is 9.98. The Morgan fingerprint density at radius 1 is 1.00 bits per heavy atom. The quantitative estimate of drug-likeness (QED) is 0.226. The Labute approximate surface area is 126 Å². The van der Waals surface area contributed by atoms with Crippen molar-refractivity contribution in [2.24, 2.45) is 0 Å². The minimum Gasteiger partial charge on any atom is -0.394 e. The number of rotatable bonds is 7. The first-order chi connectivity index (χ1) is 10.2. The Balaban J connectivity index is 2.86. The summed E-state index contributed by atoms with van der Waals surface area (Å²) in [4.78, 5) is 0. The van der Waals surface area contributed by atoms with Crippen molar-refractivity contribution in [1.29, 1.82) is 0 Å². The third-order valence-corrected chi connectivity index (χ3v) is 3.54. The van der Waals surface area contributed by atoms with E-state index in [0.29, 0.717) is 0 Å². The molecule has 0 radical (unpaired) electrons. The molecule has 1 saturated heterocycles. The molecule has 1 fully saturated rings. The summed E-state index contributed by atoms with van der Waals surface area (Å²) in [5.74, 6) is 0. The van der Waals surface area contributed by atoms with E-state index < -0.39 is 68.3 Å². The predicted octanol–water partition coefficient (Wildman–Crippen LogP) is -4.73. The highest BCUT2D eigenvalue weighted by molar-refractivity contribution is 4.90. The molecule has 0 aromatic rings. The van der Waals surface area contributed by atoms with Crippen LogP contribution in [0.25, 0.3) is 0 Å². The molecular weight excluding hydrogens is 304 g/mol. The molecule has 22 heavy (non-hydrogen) atoms. The second-order valence-corrected chi connectivity index (χ2v) is 5.28. The van der Waals surface area contributed by atoms with Crippen LogP contribution in [0.3, 0.4) is 0 Å². The van der Waals surface area contributed by atoms with Crippen LogP contribution in [0.5, 0.6) is 0 Å². The molecule has 1 aliphatic heterocycles. The zero-order chi connectivity index (χ0) is 17.0. The van der Waals surface area contributed by atoms with Gasteiger partial charge in [0.2, 0.25) is 0 Å². The fourth-order valence-corrected chi connectivity index (χ4v) is 2.11. The first-order valence-electron chi connectivity index (χ1n) is 6.85. The van der Waals surface area contributed by atoms with Gasteiger partial charge in [-0.05, 0) is 6.92 Å². The van der Waals surface area contributed by atoms with E-state index in [1.54, 1.807) is 0 Å². The van der Waals surface area contributed by atoms with E-state index in [2.05, 4.69) is 0 Å². The molecule has 0 aromatic carbocycles. The Kier molecular flexibility index (Phi) is 7.55. The first kappa shape index (κ1) is 19.6. The number of aliphatic hydroxyl groups is 8. The van der Waals surface area contributed by atoms with Crippen LogP contribution in [0.15, 0.2) is 0 Å². The van der Waals surface area contributed by atoms with Gasteiger partial charge < -0.3 is 50.3 Å². The van der Waals surface area contributed by atoms with Crippen LogP contribution >= 0.6 is 0 Å². The lowest BCUT2D eigenvalue weighted by Gasteiger charge is -2.42. The van der Waals surface area contributed by atoms with Crippen LogP contribution < -0.4 is 0 Å². The van der Waals surface area contributed by atoms with E-state index in [0.717, 1.165) is 0 Å². The topological polar surface area (TPSA) is 180 Å². The van der Waals surface area contributed by atoms with E-state index in [-0.39, 0.29) is 0 Å². The number of hydrogen-bond donors (Lipinski definition) is 8. The van der Waals surface area contributed by atoms with Gasteiger partial charge in [0.15, 0.2) is 6.29 Å². The molecular formula is C12H24O10. The van der Waals surface area contributed by atoms with E-state index in [9.17, 15) is 30.6 Å². The molecule has 1 heterocycles. The number of ether oxygens (including phenoxy) is 2. The molecule has 132 valence electrons. The monoisotopic (exact) mass is 328 g/mol. The summed E-state index contributed by atoms with van der Waals surface area (Å²) >= 11 is 0. The smallest absolute Gasteiger partial charge is 0.187 e. The van der Waals surface area contributed by atoms with Crippen molar-refractivity contribution < 1.29 is 50.3 Å². The molecule has 0 saturated carbocycles. The summed E-state index contributed by atoms with van der Waals surface area (Å²) < 4.78 is 10.2. The van der Waals surface area contributed by atoms with Gasteiger partial charge in [-0.25, -0.2) is 0 Å². The zero-order valence-corrected chi connectivity index (χ0v) is 12.0. The molecule has 10 heteroatoms. The molecule has 0 unspecified atom stereocenters. The van der Waals surface area contributed by atoms with Crippen LogP contribution in [0.2, 0.25) is 0 Å². The minimum absolute atomic E-state index is 0.670. The van der Waals surface area contributed by atoms with Crippen molar-refractivity contribution in [3.05, 3.63) is 0 Å². The van der Waals surface area contributed by atoms with Gasteiger partial charge in [0, 0.05) is 0 Å². The van der Waals surface area contributed by atoms with E-state index in [1.165, 1.54) is 6.92 Å². The summed E-state index contributed by atoms with van der Waals surface area (Å²) in [6.45, 7) is -0.249. The average Bonchev–Trinajstić information content (AvgIpc) is 2.50. The maximum atomic E-state index is 9.82. The largest absolute Gasteiger partial charge is 0.394 e. The third-order valence-electron chi connectivity index (χ3n) is 3.54. The fraction of sp³-hybridized carbons (Fsp3) is 1.00. The van der Waals surface area contributed by atoms with Crippen molar-refractivity contribution >= 4 is 0 Å². The highest BCUT2D eigenvalue weighted by Gasteiger charge is 2.46. The van der Waals surface area contributed by atoms with Gasteiger partial charge in [0.1, 0.15) is 42.7 Å². The van der Waals surface area contributed by atoms with Crippen molar-refractivity contribution in [2.75, 3.05) is 13.2 Å². The molecule has 10 nitrogen and oxygen atoms in total. The SMILES string of the molecule is C[C@H](O)[C@H](O)[C@@H](O[C@@H]1O[C@H](CO)[C@H](O)[C@H](O)[C@H]1O)[C@@H](O)CO. The molecule has 1 rings (SSSR count). The molecule has 9 atom stereocenters. The van der Waals surface area contributed by atoms with Gasteiger partial charge in [0.05, 0.1) is 19.3 Å². The zero-order valence-electron chi connectivity index (χ0n) is 12.0. The minimum atomic E-state index is -1.73. The van der Waals surface area contributed by atoms with Gasteiger partial charge in [0.25, 0.3) is 0 Å². The fourth-order valence-electron chi connectivity index (χ4n) is 2.11. The standard InChI is InChI=1S/C12H24O10/c1-4(15)7(17)11(5(16)2-13)22-12-10(20)9(19)8(18)6(3-14)21-12/h4-20H,2-3H2,1H3/t4-,5-,6+,7-,8-,9-,10+,11-,12-/m0/s1. The van der Waals surface area contributed by atoms with Crippen molar-refractivity contribution in [3.63, 3.8) is 0 Å². The van der Waals surface area contributed by atoms with Crippen molar-refractivity contribution in [1.82, 2.24) is 0 Å². The second-order valence-electron chi connectivity index (χ2n) is 5.28. The first-order valence-corrected chi connectivity index (χ1v) is 6.85. The van der Waals surface area contributed by atoms with Gasteiger partial charge >= 0.3 is 0 Å². The second kappa shape index (κ2) is 8.45. The molecule has 0 aliphatic carbocycles. The van der Waals surface area contributed by atoms with Crippen molar-refractivity contribution in [3.8, 4) is 0 Å². The summed E-state index contributed by atoms with van der Waals surface area (Å²) in [5, 5.41) is 75.9. The van der Waals surface area contributed by atoms with Gasteiger partial charge in [-0.2, -0.15) is 0 Å². The lowest BCUT2D eigenvalue weighted by Crippen LogP contribution is -2.61. The van der Waals surface area contributed by atoms with Gasteiger partial charge in [-0.15, -0.1) is 0 Å². The molecule has 0 amide bonds. The summed E-state index contributed by atoms with van der Waals surface area (Å²) in [6, 6.07) is 0. The average molecular weight is 328 g/mol. The maximum absolute atomic E-state index is 9.82. The third kappa shape index (κ3) is 4.32. The Morgan fingerprint density at radius 2 is 1.59 bits per heavy atom. The predicted molar refractivity (Wildman–Crippen MR) is 69.4 cm³/mol. The summed E-state index contributed by atoms with van der Waals surface area (Å²) in [7, 11) is 0. The van der Waals surface area contributed by atoms with Crippen LogP contribution in [0.1, 0.15) is 6.92 Å². The molecule has 8 N–H and O–H groups in total. The van der Waals surface area contributed by atoms with Gasteiger partial charge in [-0.3, -0.25) is 0 Å². The Morgan fingerprint density at radius 3 is 2.05 bits per heavy atom. The van der Waals surface area contributed by atoms with E-state index >= 15 is 0 Å². The molecule has 1 aliphatic rings. The Hall–Kier alpha value is -0.400. The van der Waals surface area contributed by atoms with Crippen LogP contribution in [-0.2, 0) is 9.47 Å². The normalized spacial score (nSPS) is 38.3. The summed E-state index contributed by atoms with van der Waals surface area (Å²) in [6.07, 6.45) is -13.9. The summed E-state index contributed by atoms with van der Waals surface area (Å²) in [5.41, 5.74) is 0. The number of hydrogen-bond acceptors (Lipinski definition) is 10. The van der Waals surface area contributed by atoms with E-state index in [1.807, 2.05) is 0 Å². The van der Waals surface area contributed by atoms with Crippen LogP contribution in [0.4, 0.5) is 0 Å². The lowest BCUT2D eigenvalue weighted by molar-refractivity contribution is -0.326. The van der Waals surface area contributed by atoms with Gasteiger partial charge in [-0.1, -0.05) is 0 Å². The van der Waals surface area contributed by atoms with Crippen LogP contribution in [0, 0.1) is 0 Å². The highest BCUT2D eigenvalue weighted by Crippen LogP contribution is 2.24. The highest BCUT2D eigenvalue weighted by atomic mass is 16.7. The van der Waals surface area contributed by atoms with Crippen LogP contribution in [-0.4, -0.2) is 109 Å². The van der Waals surface area contributed by atoms with E-state index in [4.69, 9.17) is 19.7 Å². The molecule has 0 aromatic heterocycles.